The number of fused-ring (bicyclic) bond motifs is 1. The summed E-state index contributed by atoms with van der Waals surface area (Å²) >= 11 is 0. The number of ether oxygens (including phenoxy) is 2. The van der Waals surface area contributed by atoms with Gasteiger partial charge in [-0.2, -0.15) is 0 Å². The second kappa shape index (κ2) is 6.28. The summed E-state index contributed by atoms with van der Waals surface area (Å²) < 4.78 is 11.9. The van der Waals surface area contributed by atoms with Crippen LogP contribution in [0.1, 0.15) is 12.0 Å². The van der Waals surface area contributed by atoms with Crippen molar-refractivity contribution < 1.29 is 9.47 Å². The molecule has 4 rings (SSSR count). The Hall–Kier alpha value is -0.940. The molecule has 4 heteroatoms. The Morgan fingerprint density at radius 3 is 3.00 bits per heavy atom. The number of rotatable bonds is 4. The van der Waals surface area contributed by atoms with Gasteiger partial charge in [-0.05, 0) is 18.4 Å². The van der Waals surface area contributed by atoms with Crippen LogP contribution in [0.15, 0.2) is 30.3 Å². The lowest BCUT2D eigenvalue weighted by Crippen LogP contribution is -2.50. The highest BCUT2D eigenvalue weighted by Crippen LogP contribution is 2.38. The first-order chi connectivity index (χ1) is 10.8. The molecule has 0 aromatic heterocycles. The van der Waals surface area contributed by atoms with Crippen LogP contribution in [0.5, 0.6) is 0 Å². The minimum atomic E-state index is 0.322. The molecule has 0 bridgehead atoms. The standard InChI is InChI=1S/C18H26N2O2/c1-2-4-15(5-3-1)10-16-12-20(7-9-21-16)14-18-6-8-22-17(18)11-19-13-18/h1-5,16-17,19H,6-14H2/t16?,17-,18+/m0/s1. The molecule has 1 unspecified atom stereocenters. The highest BCUT2D eigenvalue weighted by Gasteiger charge is 2.48. The third-order valence-electron chi connectivity index (χ3n) is 5.48. The molecule has 120 valence electrons. The molecule has 3 fully saturated rings. The van der Waals surface area contributed by atoms with Gasteiger partial charge in [0.15, 0.2) is 0 Å². The van der Waals surface area contributed by atoms with E-state index in [1.165, 1.54) is 12.0 Å². The molecule has 1 N–H and O–H groups in total. The molecule has 3 atom stereocenters. The summed E-state index contributed by atoms with van der Waals surface area (Å²) in [5, 5.41) is 3.52. The summed E-state index contributed by atoms with van der Waals surface area (Å²) in [5.74, 6) is 0. The lowest BCUT2D eigenvalue weighted by Gasteiger charge is -2.39. The van der Waals surface area contributed by atoms with Gasteiger partial charge in [0.1, 0.15) is 0 Å². The molecular formula is C18H26N2O2. The molecular weight excluding hydrogens is 276 g/mol. The molecule has 4 nitrogen and oxygen atoms in total. The fourth-order valence-electron chi connectivity index (χ4n) is 4.28. The van der Waals surface area contributed by atoms with Crippen molar-refractivity contribution in [1.82, 2.24) is 10.2 Å². The average Bonchev–Trinajstić information content (AvgIpc) is 3.08. The summed E-state index contributed by atoms with van der Waals surface area (Å²) in [7, 11) is 0. The van der Waals surface area contributed by atoms with E-state index in [0.29, 0.717) is 17.6 Å². The first-order valence-corrected chi connectivity index (χ1v) is 8.54. The van der Waals surface area contributed by atoms with E-state index in [1.54, 1.807) is 0 Å². The minimum absolute atomic E-state index is 0.322. The van der Waals surface area contributed by atoms with Gasteiger partial charge >= 0.3 is 0 Å². The maximum atomic E-state index is 6.00. The van der Waals surface area contributed by atoms with Crippen molar-refractivity contribution in [2.75, 3.05) is 45.9 Å². The maximum absolute atomic E-state index is 6.00. The largest absolute Gasteiger partial charge is 0.376 e. The van der Waals surface area contributed by atoms with Crippen molar-refractivity contribution in [2.24, 2.45) is 5.41 Å². The Bertz CT molecular complexity index is 483. The lowest BCUT2D eigenvalue weighted by atomic mass is 9.83. The summed E-state index contributed by atoms with van der Waals surface area (Å²) in [5.41, 5.74) is 1.71. The van der Waals surface area contributed by atoms with Crippen molar-refractivity contribution in [3.8, 4) is 0 Å². The van der Waals surface area contributed by atoms with Crippen molar-refractivity contribution in [3.63, 3.8) is 0 Å². The summed E-state index contributed by atoms with van der Waals surface area (Å²) in [4.78, 5) is 2.60. The Morgan fingerprint density at radius 1 is 1.18 bits per heavy atom. The van der Waals surface area contributed by atoms with Gasteiger partial charge in [0.2, 0.25) is 0 Å². The maximum Gasteiger partial charge on any atom is 0.0780 e. The average molecular weight is 302 g/mol. The zero-order valence-corrected chi connectivity index (χ0v) is 13.2. The number of benzene rings is 1. The lowest BCUT2D eigenvalue weighted by molar-refractivity contribution is -0.0441. The molecule has 3 saturated heterocycles. The van der Waals surface area contributed by atoms with Gasteiger partial charge in [-0.25, -0.2) is 0 Å². The highest BCUT2D eigenvalue weighted by atomic mass is 16.5. The molecule has 3 heterocycles. The van der Waals surface area contributed by atoms with Gasteiger partial charge in [-0.3, -0.25) is 4.90 Å². The topological polar surface area (TPSA) is 33.7 Å². The smallest absolute Gasteiger partial charge is 0.0780 e. The van der Waals surface area contributed by atoms with Gasteiger partial charge in [0.25, 0.3) is 0 Å². The SMILES string of the molecule is c1ccc(CC2CN(C[C@]34CCO[C@H]3CNC4)CCO2)cc1. The van der Waals surface area contributed by atoms with E-state index in [4.69, 9.17) is 9.47 Å². The van der Waals surface area contributed by atoms with Crippen molar-refractivity contribution in [3.05, 3.63) is 35.9 Å². The molecule has 3 aliphatic rings. The molecule has 1 aromatic carbocycles. The second-order valence-electron chi connectivity index (χ2n) is 7.02. The van der Waals surface area contributed by atoms with Crippen molar-refractivity contribution in [2.45, 2.75) is 25.0 Å². The van der Waals surface area contributed by atoms with Crippen LogP contribution in [0.3, 0.4) is 0 Å². The molecule has 22 heavy (non-hydrogen) atoms. The van der Waals surface area contributed by atoms with Crippen LogP contribution in [0.4, 0.5) is 0 Å². The predicted octanol–water partition coefficient (Wildman–Crippen LogP) is 1.31. The zero-order chi connectivity index (χ0) is 14.8. The molecule has 0 amide bonds. The molecule has 0 spiro atoms. The van der Waals surface area contributed by atoms with Gasteiger partial charge < -0.3 is 14.8 Å². The van der Waals surface area contributed by atoms with Gasteiger partial charge in [-0.15, -0.1) is 0 Å². The minimum Gasteiger partial charge on any atom is -0.376 e. The van der Waals surface area contributed by atoms with E-state index in [1.807, 2.05) is 0 Å². The summed E-state index contributed by atoms with van der Waals surface area (Å²) in [6, 6.07) is 10.7. The second-order valence-corrected chi connectivity index (χ2v) is 7.02. The number of nitrogens with zero attached hydrogens (tertiary/aromatic N) is 1. The molecule has 3 aliphatic heterocycles. The van der Waals surface area contributed by atoms with Crippen molar-refractivity contribution in [1.29, 1.82) is 0 Å². The monoisotopic (exact) mass is 302 g/mol. The van der Waals surface area contributed by atoms with E-state index in [2.05, 4.69) is 40.5 Å². The van der Waals surface area contributed by atoms with E-state index in [9.17, 15) is 0 Å². The predicted molar refractivity (Wildman–Crippen MR) is 86.0 cm³/mol. The van der Waals surface area contributed by atoms with E-state index >= 15 is 0 Å². The van der Waals surface area contributed by atoms with Crippen molar-refractivity contribution >= 4 is 0 Å². The van der Waals surface area contributed by atoms with Crippen LogP contribution < -0.4 is 5.32 Å². The van der Waals surface area contributed by atoms with Gasteiger partial charge in [0.05, 0.1) is 18.8 Å². The van der Waals surface area contributed by atoms with Crippen LogP contribution in [0, 0.1) is 5.41 Å². The van der Waals surface area contributed by atoms with Crippen LogP contribution >= 0.6 is 0 Å². The number of hydrogen-bond acceptors (Lipinski definition) is 4. The van der Waals surface area contributed by atoms with Crippen LogP contribution in [0.25, 0.3) is 0 Å². The molecule has 1 aromatic rings. The quantitative estimate of drug-likeness (QED) is 0.909. The van der Waals surface area contributed by atoms with E-state index in [0.717, 1.165) is 52.4 Å². The van der Waals surface area contributed by atoms with E-state index in [-0.39, 0.29) is 0 Å². The molecule has 0 saturated carbocycles. The summed E-state index contributed by atoms with van der Waals surface area (Å²) in [6.45, 7) is 7.18. The number of morpholine rings is 1. The normalized spacial score (nSPS) is 35.6. The van der Waals surface area contributed by atoms with Crippen LogP contribution in [-0.4, -0.2) is 63.0 Å². The first-order valence-electron chi connectivity index (χ1n) is 8.54. The van der Waals surface area contributed by atoms with Crippen LogP contribution in [-0.2, 0) is 15.9 Å². The number of hydrogen-bond donors (Lipinski definition) is 1. The summed E-state index contributed by atoms with van der Waals surface area (Å²) in [6.07, 6.45) is 2.96. The number of nitrogens with one attached hydrogen (secondary N) is 1. The van der Waals surface area contributed by atoms with Gasteiger partial charge in [0, 0.05) is 44.7 Å². The Labute approximate surface area is 132 Å². The highest BCUT2D eigenvalue weighted by molar-refractivity contribution is 5.15. The third-order valence-corrected chi connectivity index (χ3v) is 5.48. The third kappa shape index (κ3) is 2.93. The fourth-order valence-corrected chi connectivity index (χ4v) is 4.28. The Kier molecular flexibility index (Phi) is 4.18. The van der Waals surface area contributed by atoms with E-state index < -0.39 is 0 Å². The molecule has 0 radical (unpaired) electrons. The fraction of sp³-hybridized carbons (Fsp3) is 0.667. The Balaban J connectivity index is 1.37. The van der Waals surface area contributed by atoms with Gasteiger partial charge in [-0.1, -0.05) is 30.3 Å². The molecule has 0 aliphatic carbocycles. The zero-order valence-electron chi connectivity index (χ0n) is 13.2. The first kappa shape index (κ1) is 14.6. The van der Waals surface area contributed by atoms with Crippen LogP contribution in [0.2, 0.25) is 0 Å². The Morgan fingerprint density at radius 2 is 2.09 bits per heavy atom.